The van der Waals surface area contributed by atoms with Crippen LogP contribution in [-0.2, 0) is 0 Å². The molecule has 0 fully saturated rings. The predicted molar refractivity (Wildman–Crippen MR) is 76.1 cm³/mol. The first kappa shape index (κ1) is 25.2. The standard InChI is InChI=1S/C13H10F3NO4.Eu.2H2O/c1-17(2)6-3-4-7-8(5-6)21-12(20)9(10(7)18)11(19)13(14,15)16;;;/h3-5,18H,1-2H3;;2*1H2. The number of nitrogens with zero attached hydrogens (tertiary/aromatic N) is 1. The molecule has 0 saturated heterocycles. The van der Waals surface area contributed by atoms with Gasteiger partial charge in [-0.1, -0.05) is 0 Å². The Bertz CT molecular complexity index is 788. The smallest absolute Gasteiger partial charge is 0.455 e. The van der Waals surface area contributed by atoms with Crippen LogP contribution in [0.4, 0.5) is 18.9 Å². The van der Waals surface area contributed by atoms with Crippen LogP contribution in [0, 0.1) is 49.4 Å². The van der Waals surface area contributed by atoms with Gasteiger partial charge in [-0.05, 0) is 12.1 Å². The zero-order chi connectivity index (χ0) is 15.9. The Labute approximate surface area is 174 Å². The van der Waals surface area contributed by atoms with Gasteiger partial charge in [-0.25, -0.2) is 4.79 Å². The van der Waals surface area contributed by atoms with Crippen LogP contribution >= 0.6 is 0 Å². The fourth-order valence-electron chi connectivity index (χ4n) is 1.79. The molecule has 0 aliphatic carbocycles. The molecule has 0 bridgehead atoms. The molecule has 1 radical (unpaired) electrons. The summed E-state index contributed by atoms with van der Waals surface area (Å²) in [6.07, 6.45) is -5.27. The molecule has 0 unspecified atom stereocenters. The van der Waals surface area contributed by atoms with Crippen molar-refractivity contribution in [1.82, 2.24) is 0 Å². The SMILES string of the molecule is CN(C)c1ccc2c(O)c(C(=O)C(F)(F)F)c(=O)oc2c1.O.O.[Eu]. The zero-order valence-electron chi connectivity index (χ0n) is 12.4. The summed E-state index contributed by atoms with van der Waals surface area (Å²) < 4.78 is 42.0. The number of ketones is 1. The van der Waals surface area contributed by atoms with Crippen molar-refractivity contribution >= 4 is 22.4 Å². The first-order valence-electron chi connectivity index (χ1n) is 5.71. The topological polar surface area (TPSA) is 134 Å². The molecule has 0 aliphatic heterocycles. The second-order valence-electron chi connectivity index (χ2n) is 4.51. The number of benzene rings is 1. The molecule has 5 N–H and O–H groups in total. The summed E-state index contributed by atoms with van der Waals surface area (Å²) >= 11 is 0. The third-order valence-corrected chi connectivity index (χ3v) is 2.86. The first-order chi connectivity index (χ1) is 9.62. The van der Waals surface area contributed by atoms with Crippen LogP contribution < -0.4 is 10.5 Å². The van der Waals surface area contributed by atoms with Gasteiger partial charge >= 0.3 is 11.8 Å². The number of carbonyl (C=O) groups is 1. The van der Waals surface area contributed by atoms with Gasteiger partial charge in [-0.15, -0.1) is 0 Å². The molecule has 0 spiro atoms. The minimum atomic E-state index is -5.27. The molecular weight excluding hydrogens is 475 g/mol. The Morgan fingerprint density at radius 2 is 1.75 bits per heavy atom. The molecule has 0 amide bonds. The number of carbonyl (C=O) groups excluding carboxylic acids is 1. The van der Waals surface area contributed by atoms with E-state index in [2.05, 4.69) is 0 Å². The van der Waals surface area contributed by atoms with Crippen LogP contribution in [0.5, 0.6) is 5.75 Å². The van der Waals surface area contributed by atoms with E-state index < -0.39 is 28.9 Å². The van der Waals surface area contributed by atoms with Gasteiger partial charge in [-0.3, -0.25) is 4.79 Å². The summed E-state index contributed by atoms with van der Waals surface area (Å²) in [7, 11) is 3.42. The summed E-state index contributed by atoms with van der Waals surface area (Å²) in [5, 5.41) is 9.65. The maximum atomic E-state index is 12.4. The Kier molecular flexibility index (Phi) is 9.36. The van der Waals surface area contributed by atoms with E-state index in [0.717, 1.165) is 0 Å². The molecule has 2 aromatic rings. The third kappa shape index (κ3) is 4.76. The Balaban J connectivity index is 0. The van der Waals surface area contributed by atoms with E-state index in [1.807, 2.05) is 0 Å². The number of halogens is 3. The van der Waals surface area contributed by atoms with Crippen molar-refractivity contribution in [3.8, 4) is 5.75 Å². The Morgan fingerprint density at radius 3 is 2.21 bits per heavy atom. The minimum absolute atomic E-state index is 0. The average Bonchev–Trinajstić information content (AvgIpc) is 2.36. The van der Waals surface area contributed by atoms with Gasteiger partial charge in [0.2, 0.25) is 0 Å². The van der Waals surface area contributed by atoms with E-state index in [1.165, 1.54) is 18.2 Å². The average molecular weight is 489 g/mol. The number of hydrogen-bond donors (Lipinski definition) is 1. The van der Waals surface area contributed by atoms with E-state index in [-0.39, 0.29) is 71.3 Å². The second-order valence-corrected chi connectivity index (χ2v) is 4.51. The fraction of sp³-hybridized carbons (Fsp3) is 0.231. The normalized spacial score (nSPS) is 10.2. The van der Waals surface area contributed by atoms with Crippen LogP contribution in [0.2, 0.25) is 0 Å². The van der Waals surface area contributed by atoms with Crippen molar-refractivity contribution in [2.45, 2.75) is 6.18 Å². The number of anilines is 1. The molecule has 24 heavy (non-hydrogen) atoms. The summed E-state index contributed by atoms with van der Waals surface area (Å²) in [6, 6.07) is 4.15. The van der Waals surface area contributed by atoms with Crippen molar-refractivity contribution in [3.63, 3.8) is 0 Å². The number of aromatic hydroxyl groups is 1. The number of rotatable bonds is 2. The molecule has 7 nitrogen and oxygen atoms in total. The maximum absolute atomic E-state index is 12.4. The molecular formula is C13H14EuF3NO6. The van der Waals surface area contributed by atoms with Gasteiger partial charge in [0.15, 0.2) is 5.56 Å². The summed E-state index contributed by atoms with van der Waals surface area (Å²) in [5.74, 6) is -3.47. The van der Waals surface area contributed by atoms with Crippen LogP contribution in [0.1, 0.15) is 10.4 Å². The van der Waals surface area contributed by atoms with E-state index >= 15 is 0 Å². The van der Waals surface area contributed by atoms with Gasteiger partial charge in [0.25, 0.3) is 5.78 Å². The monoisotopic (exact) mass is 490 g/mol. The molecule has 1 aromatic carbocycles. The van der Waals surface area contributed by atoms with Crippen molar-refractivity contribution in [2.75, 3.05) is 19.0 Å². The van der Waals surface area contributed by atoms with E-state index in [1.54, 1.807) is 19.0 Å². The summed E-state index contributed by atoms with van der Waals surface area (Å²) in [6.45, 7) is 0. The Morgan fingerprint density at radius 1 is 1.21 bits per heavy atom. The van der Waals surface area contributed by atoms with Crippen LogP contribution in [0.25, 0.3) is 11.0 Å². The van der Waals surface area contributed by atoms with Gasteiger partial charge in [-0.2, -0.15) is 13.2 Å². The molecule has 2 rings (SSSR count). The molecule has 0 saturated carbocycles. The quantitative estimate of drug-likeness (QED) is 0.489. The van der Waals surface area contributed by atoms with E-state index in [0.29, 0.717) is 5.69 Å². The first-order valence-corrected chi connectivity index (χ1v) is 5.71. The maximum Gasteiger partial charge on any atom is 0.455 e. The van der Waals surface area contributed by atoms with Gasteiger partial charge in [0.05, 0.1) is 5.39 Å². The van der Waals surface area contributed by atoms with Crippen molar-refractivity contribution in [3.05, 3.63) is 34.2 Å². The number of Topliss-reactive ketones (excluding diaryl/α,β-unsaturated/α-hetero) is 1. The van der Waals surface area contributed by atoms with Crippen molar-refractivity contribution in [1.29, 1.82) is 0 Å². The second kappa shape index (κ2) is 8.91. The van der Waals surface area contributed by atoms with Gasteiger partial charge < -0.3 is 25.4 Å². The molecule has 11 heteroatoms. The molecule has 0 aliphatic rings. The minimum Gasteiger partial charge on any atom is -0.506 e. The summed E-state index contributed by atoms with van der Waals surface area (Å²) in [4.78, 5) is 24.4. The van der Waals surface area contributed by atoms with E-state index in [4.69, 9.17) is 4.42 Å². The van der Waals surface area contributed by atoms with Gasteiger partial charge in [0, 0.05) is 75.2 Å². The van der Waals surface area contributed by atoms with E-state index in [9.17, 15) is 27.9 Å². The Hall–Kier alpha value is -1.01. The molecule has 135 valence electrons. The number of fused-ring (bicyclic) bond motifs is 1. The third-order valence-electron chi connectivity index (χ3n) is 2.86. The molecule has 1 aromatic heterocycles. The number of alkyl halides is 3. The zero-order valence-corrected chi connectivity index (χ0v) is 14.8. The fourth-order valence-corrected chi connectivity index (χ4v) is 1.79. The predicted octanol–water partition coefficient (Wildman–Crippen LogP) is 0.660. The molecule has 1 heterocycles. The van der Waals surface area contributed by atoms with Crippen LogP contribution in [0.15, 0.2) is 27.4 Å². The van der Waals surface area contributed by atoms with Crippen LogP contribution in [0.3, 0.4) is 0 Å². The largest absolute Gasteiger partial charge is 0.506 e. The number of hydrogen-bond acceptors (Lipinski definition) is 5. The van der Waals surface area contributed by atoms with Crippen LogP contribution in [-0.4, -0.2) is 42.1 Å². The van der Waals surface area contributed by atoms with Crippen molar-refractivity contribution < 1.29 is 87.8 Å². The summed E-state index contributed by atoms with van der Waals surface area (Å²) in [5.41, 5.74) is -2.44. The van der Waals surface area contributed by atoms with Gasteiger partial charge in [0.1, 0.15) is 11.3 Å². The molecule has 0 atom stereocenters. The van der Waals surface area contributed by atoms with Crippen molar-refractivity contribution in [2.24, 2.45) is 0 Å².